The number of carbonyl (C=O) groups excluding carboxylic acids is 3. The zero-order valence-corrected chi connectivity index (χ0v) is 53.3. The summed E-state index contributed by atoms with van der Waals surface area (Å²) in [7, 11) is 0. The van der Waals surface area contributed by atoms with Gasteiger partial charge in [0.25, 0.3) is 0 Å². The standard InChI is InChI=1S/C74H132O6/c1-4-7-10-13-16-19-21-23-25-27-29-31-32-33-34-35-36-37-38-39-40-41-42-43-45-46-48-50-52-55-58-61-64-67-73(76)79-70-71(69-78-72(75)66-63-60-57-54-18-15-12-9-6-3)80-74(77)68-65-62-59-56-53-51-49-47-44-30-28-26-24-22-20-17-14-11-8-5-2/h7,10,16,19,23,25,29,31,33-34,36-37,71H,4-6,8-9,11-15,17-18,20-22,24,26-28,30,32,35,38-70H2,1-3H3/b10-7-,19-16-,25-23-,31-29-,34-33-,37-36-. The smallest absolute Gasteiger partial charge is 0.306 e. The molecule has 80 heavy (non-hydrogen) atoms. The van der Waals surface area contributed by atoms with Crippen LogP contribution in [0.15, 0.2) is 72.9 Å². The van der Waals surface area contributed by atoms with Crippen LogP contribution in [0.1, 0.15) is 361 Å². The Balaban J connectivity index is 4.09. The lowest BCUT2D eigenvalue weighted by molar-refractivity contribution is -0.167. The molecular formula is C74H132O6. The minimum absolute atomic E-state index is 0.0686. The highest BCUT2D eigenvalue weighted by atomic mass is 16.6. The summed E-state index contributed by atoms with van der Waals surface area (Å²) in [4.78, 5) is 38.3. The SMILES string of the molecule is CC/C=C\C/C=C\C/C=C\C/C=C\C/C=C\C/C=C\CCCCCCCCCCCCCCCCC(=O)OCC(COC(=O)CCCCCCCCCCC)OC(=O)CCCCCCCCCCCCCCCCCCCCCC. The first-order valence-corrected chi connectivity index (χ1v) is 34.9. The highest BCUT2D eigenvalue weighted by Crippen LogP contribution is 2.18. The Labute approximate surface area is 497 Å². The van der Waals surface area contributed by atoms with E-state index >= 15 is 0 Å². The average molecular weight is 1120 g/mol. The molecule has 0 fully saturated rings. The number of esters is 3. The van der Waals surface area contributed by atoms with Crippen molar-refractivity contribution in [2.45, 2.75) is 367 Å². The van der Waals surface area contributed by atoms with E-state index in [1.54, 1.807) is 0 Å². The summed E-state index contributed by atoms with van der Waals surface area (Å²) in [5.74, 6) is -0.849. The molecule has 0 rings (SSSR count). The average Bonchev–Trinajstić information content (AvgIpc) is 3.46. The van der Waals surface area contributed by atoms with Crippen molar-refractivity contribution in [1.29, 1.82) is 0 Å². The van der Waals surface area contributed by atoms with Crippen molar-refractivity contribution in [1.82, 2.24) is 0 Å². The first kappa shape index (κ1) is 76.9. The normalized spacial score (nSPS) is 12.5. The van der Waals surface area contributed by atoms with E-state index in [1.807, 2.05) is 0 Å². The van der Waals surface area contributed by atoms with Crippen LogP contribution in [0.5, 0.6) is 0 Å². The van der Waals surface area contributed by atoms with Gasteiger partial charge in [-0.1, -0.05) is 344 Å². The van der Waals surface area contributed by atoms with E-state index < -0.39 is 6.10 Å². The van der Waals surface area contributed by atoms with Gasteiger partial charge in [0.15, 0.2) is 6.10 Å². The summed E-state index contributed by atoms with van der Waals surface area (Å²) >= 11 is 0. The van der Waals surface area contributed by atoms with Crippen LogP contribution >= 0.6 is 0 Å². The van der Waals surface area contributed by atoms with E-state index in [0.717, 1.165) is 96.3 Å². The zero-order valence-electron chi connectivity index (χ0n) is 53.3. The van der Waals surface area contributed by atoms with Crippen LogP contribution in [-0.4, -0.2) is 37.2 Å². The topological polar surface area (TPSA) is 78.9 Å². The lowest BCUT2D eigenvalue weighted by Crippen LogP contribution is -2.30. The Hall–Kier alpha value is -3.15. The molecule has 0 aromatic heterocycles. The molecule has 0 heterocycles. The lowest BCUT2D eigenvalue weighted by atomic mass is 10.0. The Kier molecular flexibility index (Phi) is 65.7. The Bertz CT molecular complexity index is 1470. The monoisotopic (exact) mass is 1120 g/mol. The van der Waals surface area contributed by atoms with Gasteiger partial charge >= 0.3 is 17.9 Å². The molecule has 0 saturated carbocycles. The van der Waals surface area contributed by atoms with Gasteiger partial charge in [-0.2, -0.15) is 0 Å². The molecule has 6 nitrogen and oxygen atoms in total. The number of hydrogen-bond acceptors (Lipinski definition) is 6. The molecule has 1 atom stereocenters. The number of ether oxygens (including phenoxy) is 3. The van der Waals surface area contributed by atoms with Crippen LogP contribution in [0.25, 0.3) is 0 Å². The molecule has 0 saturated heterocycles. The fourth-order valence-electron chi connectivity index (χ4n) is 10.3. The third kappa shape index (κ3) is 65.7. The largest absolute Gasteiger partial charge is 0.462 e. The lowest BCUT2D eigenvalue weighted by Gasteiger charge is -2.18. The van der Waals surface area contributed by atoms with Crippen molar-refractivity contribution >= 4 is 17.9 Å². The van der Waals surface area contributed by atoms with Gasteiger partial charge in [0, 0.05) is 19.3 Å². The van der Waals surface area contributed by atoms with Crippen LogP contribution < -0.4 is 0 Å². The summed E-state index contributed by atoms with van der Waals surface area (Å²) in [6.45, 7) is 6.56. The minimum atomic E-state index is -0.770. The van der Waals surface area contributed by atoms with E-state index in [-0.39, 0.29) is 31.1 Å². The van der Waals surface area contributed by atoms with Crippen molar-refractivity contribution in [3.63, 3.8) is 0 Å². The van der Waals surface area contributed by atoms with Gasteiger partial charge < -0.3 is 14.2 Å². The van der Waals surface area contributed by atoms with E-state index in [2.05, 4.69) is 93.7 Å². The molecular weight excluding hydrogens is 985 g/mol. The molecule has 0 N–H and O–H groups in total. The summed E-state index contributed by atoms with van der Waals surface area (Å²) in [5, 5.41) is 0. The quantitative estimate of drug-likeness (QED) is 0.0261. The second-order valence-corrected chi connectivity index (χ2v) is 23.4. The molecule has 0 aromatic carbocycles. The van der Waals surface area contributed by atoms with Crippen molar-refractivity contribution < 1.29 is 28.6 Å². The van der Waals surface area contributed by atoms with E-state index in [4.69, 9.17) is 14.2 Å². The highest BCUT2D eigenvalue weighted by Gasteiger charge is 2.19. The van der Waals surface area contributed by atoms with Gasteiger partial charge in [-0.25, -0.2) is 0 Å². The Morgan fingerprint density at radius 1 is 0.263 bits per heavy atom. The number of allylic oxidation sites excluding steroid dienone is 12. The molecule has 1 unspecified atom stereocenters. The molecule has 0 aliphatic carbocycles. The summed E-state index contributed by atoms with van der Waals surface area (Å²) < 4.78 is 16.9. The molecule has 6 heteroatoms. The van der Waals surface area contributed by atoms with Crippen LogP contribution in [0.4, 0.5) is 0 Å². The highest BCUT2D eigenvalue weighted by molar-refractivity contribution is 5.71. The summed E-state index contributed by atoms with van der Waals surface area (Å²) in [6.07, 6.45) is 89.4. The fraction of sp³-hybridized carbons (Fsp3) is 0.797. The maximum absolute atomic E-state index is 12.9. The molecule has 0 amide bonds. The number of rotatable bonds is 64. The van der Waals surface area contributed by atoms with E-state index in [0.29, 0.717) is 19.3 Å². The summed E-state index contributed by atoms with van der Waals surface area (Å²) in [5.41, 5.74) is 0. The second-order valence-electron chi connectivity index (χ2n) is 23.4. The number of unbranched alkanes of at least 4 members (excludes halogenated alkanes) is 41. The van der Waals surface area contributed by atoms with E-state index in [1.165, 1.54) is 225 Å². The first-order chi connectivity index (χ1) is 39.5. The number of carbonyl (C=O) groups is 3. The second kappa shape index (κ2) is 68.3. The van der Waals surface area contributed by atoms with Gasteiger partial charge in [-0.05, 0) is 70.6 Å². The molecule has 0 bridgehead atoms. The van der Waals surface area contributed by atoms with Crippen LogP contribution in [0, 0.1) is 0 Å². The fourth-order valence-corrected chi connectivity index (χ4v) is 10.3. The van der Waals surface area contributed by atoms with Gasteiger partial charge in [-0.15, -0.1) is 0 Å². The third-order valence-corrected chi connectivity index (χ3v) is 15.5. The van der Waals surface area contributed by atoms with Gasteiger partial charge in [0.1, 0.15) is 13.2 Å². The molecule has 0 aromatic rings. The maximum atomic E-state index is 12.9. The van der Waals surface area contributed by atoms with E-state index in [9.17, 15) is 14.4 Å². The summed E-state index contributed by atoms with van der Waals surface area (Å²) in [6, 6.07) is 0. The van der Waals surface area contributed by atoms with Crippen LogP contribution in [-0.2, 0) is 28.6 Å². The van der Waals surface area contributed by atoms with Crippen LogP contribution in [0.2, 0.25) is 0 Å². The zero-order chi connectivity index (χ0) is 57.8. The van der Waals surface area contributed by atoms with Gasteiger partial charge in [0.05, 0.1) is 0 Å². The first-order valence-electron chi connectivity index (χ1n) is 34.9. The molecule has 464 valence electrons. The predicted molar refractivity (Wildman–Crippen MR) is 348 cm³/mol. The molecule has 0 aliphatic heterocycles. The van der Waals surface area contributed by atoms with Crippen LogP contribution in [0.3, 0.4) is 0 Å². The van der Waals surface area contributed by atoms with Crippen molar-refractivity contribution in [2.24, 2.45) is 0 Å². The van der Waals surface area contributed by atoms with Crippen molar-refractivity contribution in [2.75, 3.05) is 13.2 Å². The van der Waals surface area contributed by atoms with Crippen molar-refractivity contribution in [3.8, 4) is 0 Å². The van der Waals surface area contributed by atoms with Crippen molar-refractivity contribution in [3.05, 3.63) is 72.9 Å². The minimum Gasteiger partial charge on any atom is -0.462 e. The maximum Gasteiger partial charge on any atom is 0.306 e. The Morgan fingerprint density at radius 3 is 0.762 bits per heavy atom. The van der Waals surface area contributed by atoms with Gasteiger partial charge in [-0.3, -0.25) is 14.4 Å². The number of hydrogen-bond donors (Lipinski definition) is 0. The third-order valence-electron chi connectivity index (χ3n) is 15.5. The molecule has 0 spiro atoms. The molecule has 0 radical (unpaired) electrons. The molecule has 0 aliphatic rings. The van der Waals surface area contributed by atoms with Gasteiger partial charge in [0.2, 0.25) is 0 Å². The predicted octanol–water partition coefficient (Wildman–Crippen LogP) is 24.1. The Morgan fingerprint density at radius 2 is 0.487 bits per heavy atom.